The zero-order valence-electron chi connectivity index (χ0n) is 10.6. The summed E-state index contributed by atoms with van der Waals surface area (Å²) in [7, 11) is 0. The minimum Gasteiger partial charge on any atom is -0.361 e. The molecule has 0 aliphatic carbocycles. The molecule has 1 aliphatic heterocycles. The molecule has 0 saturated carbocycles. The SMILES string of the molecule is Cc1noc(C)c1C(=O)N1CCC(N)C(C)C1. The van der Waals surface area contributed by atoms with Gasteiger partial charge < -0.3 is 15.2 Å². The Morgan fingerprint density at radius 2 is 2.24 bits per heavy atom. The number of nitrogens with zero attached hydrogens (tertiary/aromatic N) is 2. The van der Waals surface area contributed by atoms with Crippen LogP contribution in [0.3, 0.4) is 0 Å². The quantitative estimate of drug-likeness (QED) is 0.794. The first-order valence-corrected chi connectivity index (χ1v) is 5.98. The van der Waals surface area contributed by atoms with E-state index in [1.165, 1.54) is 0 Å². The van der Waals surface area contributed by atoms with Crippen molar-refractivity contribution in [2.75, 3.05) is 13.1 Å². The number of piperidine rings is 1. The van der Waals surface area contributed by atoms with E-state index in [0.29, 0.717) is 36.0 Å². The van der Waals surface area contributed by atoms with Gasteiger partial charge in [0.1, 0.15) is 11.3 Å². The van der Waals surface area contributed by atoms with Gasteiger partial charge in [-0.1, -0.05) is 12.1 Å². The third kappa shape index (κ3) is 2.20. The second kappa shape index (κ2) is 4.49. The summed E-state index contributed by atoms with van der Waals surface area (Å²) in [6, 6.07) is 0.198. The number of carbonyl (C=O) groups is 1. The Morgan fingerprint density at radius 3 is 2.76 bits per heavy atom. The normalized spacial score (nSPS) is 25.1. The fraction of sp³-hybridized carbons (Fsp3) is 0.667. The number of hydrogen-bond donors (Lipinski definition) is 1. The highest BCUT2D eigenvalue weighted by molar-refractivity contribution is 5.96. The molecule has 1 fully saturated rings. The van der Waals surface area contributed by atoms with Crippen molar-refractivity contribution in [3.8, 4) is 0 Å². The van der Waals surface area contributed by atoms with Crippen LogP contribution in [0.1, 0.15) is 35.2 Å². The largest absolute Gasteiger partial charge is 0.361 e. The Kier molecular flexibility index (Phi) is 3.19. The van der Waals surface area contributed by atoms with E-state index < -0.39 is 0 Å². The van der Waals surface area contributed by atoms with Gasteiger partial charge in [-0.15, -0.1) is 0 Å². The molecule has 1 amide bonds. The van der Waals surface area contributed by atoms with Crippen molar-refractivity contribution in [1.82, 2.24) is 10.1 Å². The highest BCUT2D eigenvalue weighted by Crippen LogP contribution is 2.20. The van der Waals surface area contributed by atoms with Gasteiger partial charge in [-0.25, -0.2) is 0 Å². The number of nitrogens with two attached hydrogens (primary N) is 1. The lowest BCUT2D eigenvalue weighted by molar-refractivity contribution is 0.0662. The number of rotatable bonds is 1. The molecule has 1 aromatic rings. The number of amides is 1. The molecule has 0 bridgehead atoms. The lowest BCUT2D eigenvalue weighted by atomic mass is 9.94. The molecule has 2 N–H and O–H groups in total. The molecule has 1 aromatic heterocycles. The van der Waals surface area contributed by atoms with Gasteiger partial charge in [-0.05, 0) is 26.2 Å². The molecule has 5 heteroatoms. The summed E-state index contributed by atoms with van der Waals surface area (Å²) in [5, 5.41) is 3.82. The van der Waals surface area contributed by atoms with Crippen molar-refractivity contribution >= 4 is 5.91 Å². The molecule has 0 aromatic carbocycles. The van der Waals surface area contributed by atoms with Crippen LogP contribution in [0.2, 0.25) is 0 Å². The van der Waals surface area contributed by atoms with Crippen molar-refractivity contribution in [2.24, 2.45) is 11.7 Å². The van der Waals surface area contributed by atoms with Crippen molar-refractivity contribution < 1.29 is 9.32 Å². The molecule has 2 rings (SSSR count). The number of aromatic nitrogens is 1. The summed E-state index contributed by atoms with van der Waals surface area (Å²) in [5.41, 5.74) is 7.22. The maximum Gasteiger partial charge on any atom is 0.259 e. The smallest absolute Gasteiger partial charge is 0.259 e. The van der Waals surface area contributed by atoms with Crippen LogP contribution < -0.4 is 5.73 Å². The van der Waals surface area contributed by atoms with E-state index >= 15 is 0 Å². The fourth-order valence-corrected chi connectivity index (χ4v) is 2.29. The Balaban J connectivity index is 2.16. The first-order valence-electron chi connectivity index (χ1n) is 5.98. The van der Waals surface area contributed by atoms with Crippen molar-refractivity contribution in [2.45, 2.75) is 33.2 Å². The van der Waals surface area contributed by atoms with Crippen LogP contribution in [0.25, 0.3) is 0 Å². The van der Waals surface area contributed by atoms with Crippen LogP contribution in [0.4, 0.5) is 0 Å². The van der Waals surface area contributed by atoms with Gasteiger partial charge in [0.15, 0.2) is 0 Å². The number of hydrogen-bond acceptors (Lipinski definition) is 4. The molecule has 2 heterocycles. The van der Waals surface area contributed by atoms with E-state index in [1.807, 2.05) is 4.90 Å². The average molecular weight is 237 g/mol. The highest BCUT2D eigenvalue weighted by atomic mass is 16.5. The number of aryl methyl sites for hydroxylation is 2. The van der Waals surface area contributed by atoms with Crippen LogP contribution in [-0.2, 0) is 0 Å². The molecule has 2 unspecified atom stereocenters. The van der Waals surface area contributed by atoms with Gasteiger partial charge in [-0.3, -0.25) is 4.79 Å². The topological polar surface area (TPSA) is 72.4 Å². The highest BCUT2D eigenvalue weighted by Gasteiger charge is 2.29. The standard InChI is InChI=1S/C12H19N3O2/c1-7-6-15(5-4-10(7)13)12(16)11-8(2)14-17-9(11)3/h7,10H,4-6,13H2,1-3H3. The van der Waals surface area contributed by atoms with Crippen LogP contribution in [0.5, 0.6) is 0 Å². The summed E-state index contributed by atoms with van der Waals surface area (Å²) in [6.45, 7) is 7.07. The van der Waals surface area contributed by atoms with Crippen molar-refractivity contribution in [3.63, 3.8) is 0 Å². The summed E-state index contributed by atoms with van der Waals surface area (Å²) >= 11 is 0. The average Bonchev–Trinajstić information content (AvgIpc) is 2.62. The summed E-state index contributed by atoms with van der Waals surface area (Å²) in [6.07, 6.45) is 0.857. The molecule has 5 nitrogen and oxygen atoms in total. The number of carbonyl (C=O) groups excluding carboxylic acids is 1. The molecule has 1 aliphatic rings. The maximum atomic E-state index is 12.3. The molecular formula is C12H19N3O2. The predicted molar refractivity (Wildman–Crippen MR) is 63.6 cm³/mol. The van der Waals surface area contributed by atoms with E-state index in [9.17, 15) is 4.79 Å². The zero-order chi connectivity index (χ0) is 12.6. The van der Waals surface area contributed by atoms with Gasteiger partial charge >= 0.3 is 0 Å². The summed E-state index contributed by atoms with van der Waals surface area (Å²) in [4.78, 5) is 14.2. The fourth-order valence-electron chi connectivity index (χ4n) is 2.29. The lowest BCUT2D eigenvalue weighted by Gasteiger charge is -2.35. The Morgan fingerprint density at radius 1 is 1.53 bits per heavy atom. The Hall–Kier alpha value is -1.36. The van der Waals surface area contributed by atoms with Gasteiger partial charge in [0, 0.05) is 19.1 Å². The summed E-state index contributed by atoms with van der Waals surface area (Å²) in [5.74, 6) is 0.947. The molecule has 0 spiro atoms. The summed E-state index contributed by atoms with van der Waals surface area (Å²) < 4.78 is 5.03. The van der Waals surface area contributed by atoms with E-state index in [4.69, 9.17) is 10.3 Å². The zero-order valence-corrected chi connectivity index (χ0v) is 10.6. The van der Waals surface area contributed by atoms with Gasteiger partial charge in [-0.2, -0.15) is 0 Å². The van der Waals surface area contributed by atoms with Crippen LogP contribution >= 0.6 is 0 Å². The molecule has 2 atom stereocenters. The maximum absolute atomic E-state index is 12.3. The molecule has 94 valence electrons. The first-order chi connectivity index (χ1) is 8.00. The molecule has 1 saturated heterocycles. The van der Waals surface area contributed by atoms with Gasteiger partial charge in [0.2, 0.25) is 0 Å². The molecule has 0 radical (unpaired) electrons. The third-order valence-corrected chi connectivity index (χ3v) is 3.51. The van der Waals surface area contributed by atoms with E-state index in [1.54, 1.807) is 13.8 Å². The first kappa shape index (κ1) is 12.1. The predicted octanol–water partition coefficient (Wildman–Crippen LogP) is 1.10. The minimum atomic E-state index is 0.0139. The van der Waals surface area contributed by atoms with Crippen LogP contribution in [0.15, 0.2) is 4.52 Å². The minimum absolute atomic E-state index is 0.0139. The van der Waals surface area contributed by atoms with Crippen LogP contribution in [-0.4, -0.2) is 35.1 Å². The van der Waals surface area contributed by atoms with Crippen molar-refractivity contribution in [1.29, 1.82) is 0 Å². The Bertz CT molecular complexity index is 408. The second-order valence-corrected chi connectivity index (χ2v) is 4.88. The van der Waals surface area contributed by atoms with Crippen LogP contribution in [0, 0.1) is 19.8 Å². The monoisotopic (exact) mass is 237 g/mol. The number of likely N-dealkylation sites (tertiary alicyclic amines) is 1. The lowest BCUT2D eigenvalue weighted by Crippen LogP contribution is -2.48. The van der Waals surface area contributed by atoms with E-state index in [2.05, 4.69) is 12.1 Å². The second-order valence-electron chi connectivity index (χ2n) is 4.88. The third-order valence-electron chi connectivity index (χ3n) is 3.51. The van der Waals surface area contributed by atoms with E-state index in [-0.39, 0.29) is 11.9 Å². The van der Waals surface area contributed by atoms with E-state index in [0.717, 1.165) is 6.42 Å². The Labute approximate surface area is 101 Å². The van der Waals surface area contributed by atoms with Crippen molar-refractivity contribution in [3.05, 3.63) is 17.0 Å². The van der Waals surface area contributed by atoms with Gasteiger partial charge in [0.25, 0.3) is 5.91 Å². The molecular weight excluding hydrogens is 218 g/mol. The molecule has 17 heavy (non-hydrogen) atoms. The van der Waals surface area contributed by atoms with Gasteiger partial charge in [0.05, 0.1) is 5.69 Å².